The Labute approximate surface area is 173 Å². The highest BCUT2D eigenvalue weighted by Gasteiger charge is 2.40. The molecule has 0 nitrogen and oxygen atoms in total. The minimum absolute atomic E-state index is 0.241. The maximum absolute atomic E-state index is 14.7. The zero-order chi connectivity index (χ0) is 21.1. The molecule has 4 rings (SSSR count). The molecule has 0 saturated heterocycles. The van der Waals surface area contributed by atoms with Crippen molar-refractivity contribution in [3.05, 3.63) is 137 Å². The Hall–Kier alpha value is -3.34. The van der Waals surface area contributed by atoms with Crippen molar-refractivity contribution in [3.8, 4) is 0 Å². The molecule has 0 bridgehead atoms. The molecule has 0 spiro atoms. The van der Waals surface area contributed by atoms with Crippen molar-refractivity contribution in [2.24, 2.45) is 0 Å². The summed E-state index contributed by atoms with van der Waals surface area (Å²) in [5, 5.41) is 0. The van der Waals surface area contributed by atoms with E-state index >= 15 is 0 Å². The SMILES string of the molecule is FB(F)c1c(F)cc(C(c2ccccc2)(c2ccccc2)c2ccccc2)cc1F. The highest BCUT2D eigenvalue weighted by Crippen LogP contribution is 2.45. The summed E-state index contributed by atoms with van der Waals surface area (Å²) in [5.74, 6) is -2.51. The molecule has 0 radical (unpaired) electrons. The summed E-state index contributed by atoms with van der Waals surface area (Å²) >= 11 is 0. The molecule has 5 heteroatoms. The second kappa shape index (κ2) is 8.19. The fourth-order valence-electron chi connectivity index (χ4n) is 4.07. The molecule has 0 aliphatic rings. The average molecular weight is 404 g/mol. The predicted molar refractivity (Wildman–Crippen MR) is 112 cm³/mol. The highest BCUT2D eigenvalue weighted by molar-refractivity contribution is 6.60. The first-order valence-corrected chi connectivity index (χ1v) is 9.49. The molecule has 4 aromatic carbocycles. The standard InChI is InChI=1S/C25H17BF4/c27-22-16-21(17-23(28)24(22)26(29)30)25(18-10-4-1-5-11-18,19-12-6-2-7-13-19)20-14-8-3-9-15-20/h1-17H. The van der Waals surface area contributed by atoms with Crippen LogP contribution in [0, 0.1) is 11.6 Å². The van der Waals surface area contributed by atoms with Crippen LogP contribution >= 0.6 is 0 Å². The van der Waals surface area contributed by atoms with Crippen molar-refractivity contribution in [1.29, 1.82) is 0 Å². The van der Waals surface area contributed by atoms with Crippen LogP contribution in [0.5, 0.6) is 0 Å². The Kier molecular flexibility index (Phi) is 5.45. The Morgan fingerprint density at radius 1 is 0.500 bits per heavy atom. The van der Waals surface area contributed by atoms with E-state index in [1.165, 1.54) is 0 Å². The Morgan fingerprint density at radius 3 is 1.13 bits per heavy atom. The van der Waals surface area contributed by atoms with Gasteiger partial charge in [-0.2, -0.15) is 0 Å². The average Bonchev–Trinajstić information content (AvgIpc) is 2.76. The van der Waals surface area contributed by atoms with Crippen LogP contribution < -0.4 is 5.46 Å². The van der Waals surface area contributed by atoms with Crippen molar-refractivity contribution in [1.82, 2.24) is 0 Å². The maximum Gasteiger partial charge on any atom is 0.577 e. The number of rotatable bonds is 5. The van der Waals surface area contributed by atoms with Gasteiger partial charge in [-0.1, -0.05) is 91.0 Å². The van der Waals surface area contributed by atoms with Gasteiger partial charge in [-0.25, -0.2) is 8.78 Å². The van der Waals surface area contributed by atoms with Gasteiger partial charge in [-0.15, -0.1) is 0 Å². The van der Waals surface area contributed by atoms with Gasteiger partial charge in [0.25, 0.3) is 0 Å². The number of benzene rings is 4. The molecule has 0 amide bonds. The molecule has 148 valence electrons. The Balaban J connectivity index is 2.14. The normalized spacial score (nSPS) is 11.3. The molecule has 4 aromatic rings. The molecule has 0 aliphatic heterocycles. The third-order valence-electron chi connectivity index (χ3n) is 5.35. The molecule has 0 aliphatic carbocycles. The second-order valence-corrected chi connectivity index (χ2v) is 7.00. The highest BCUT2D eigenvalue weighted by atomic mass is 19.2. The van der Waals surface area contributed by atoms with Crippen LogP contribution in [0.25, 0.3) is 0 Å². The van der Waals surface area contributed by atoms with Gasteiger partial charge in [0.2, 0.25) is 0 Å². The first-order chi connectivity index (χ1) is 14.5. The summed E-state index contributed by atoms with van der Waals surface area (Å²) < 4.78 is 55.9. The van der Waals surface area contributed by atoms with Gasteiger partial charge in [0.15, 0.2) is 0 Å². The molecular formula is C25H17BF4. The lowest BCUT2D eigenvalue weighted by Gasteiger charge is -2.37. The van der Waals surface area contributed by atoms with E-state index < -0.39 is 29.8 Å². The van der Waals surface area contributed by atoms with Gasteiger partial charge < -0.3 is 0 Å². The smallest absolute Gasteiger partial charge is 0.281 e. The fraction of sp³-hybridized carbons (Fsp3) is 0.0400. The lowest BCUT2D eigenvalue weighted by Crippen LogP contribution is -2.34. The largest absolute Gasteiger partial charge is 0.577 e. The lowest BCUT2D eigenvalue weighted by molar-refractivity contribution is 0.573. The maximum atomic E-state index is 14.7. The molecule has 0 unspecified atom stereocenters. The van der Waals surface area contributed by atoms with Crippen LogP contribution in [-0.4, -0.2) is 7.27 Å². The van der Waals surface area contributed by atoms with Gasteiger partial charge >= 0.3 is 7.27 Å². The molecule has 0 saturated carbocycles. The third kappa shape index (κ3) is 3.30. The monoisotopic (exact) mass is 404 g/mol. The summed E-state index contributed by atoms with van der Waals surface area (Å²) in [7, 11) is -3.24. The quantitative estimate of drug-likeness (QED) is 0.218. The van der Waals surface area contributed by atoms with Crippen LogP contribution in [0.1, 0.15) is 22.3 Å². The van der Waals surface area contributed by atoms with Crippen LogP contribution in [0.2, 0.25) is 0 Å². The zero-order valence-electron chi connectivity index (χ0n) is 15.9. The van der Waals surface area contributed by atoms with Crippen molar-refractivity contribution in [2.45, 2.75) is 5.41 Å². The number of hydrogen-bond acceptors (Lipinski definition) is 0. The van der Waals surface area contributed by atoms with Crippen LogP contribution in [-0.2, 0) is 5.41 Å². The Morgan fingerprint density at radius 2 is 0.833 bits per heavy atom. The summed E-state index contributed by atoms with van der Waals surface area (Å²) in [6.45, 7) is 0. The van der Waals surface area contributed by atoms with Crippen LogP contribution in [0.15, 0.2) is 103 Å². The van der Waals surface area contributed by atoms with E-state index in [0.29, 0.717) is 0 Å². The molecular weight excluding hydrogens is 387 g/mol. The minimum atomic E-state index is -3.24. The first kappa shape index (κ1) is 20.0. The molecule has 0 N–H and O–H groups in total. The lowest BCUT2D eigenvalue weighted by atomic mass is 9.64. The first-order valence-electron chi connectivity index (χ1n) is 9.49. The number of halogens is 4. The molecule has 0 atom stereocenters. The van der Waals surface area contributed by atoms with E-state index in [4.69, 9.17) is 0 Å². The minimum Gasteiger partial charge on any atom is -0.281 e. The van der Waals surface area contributed by atoms with E-state index in [9.17, 15) is 17.4 Å². The Bertz CT molecular complexity index is 1010. The molecule has 0 fully saturated rings. The van der Waals surface area contributed by atoms with E-state index in [-0.39, 0.29) is 5.56 Å². The van der Waals surface area contributed by atoms with Crippen LogP contribution in [0.4, 0.5) is 17.4 Å². The summed E-state index contributed by atoms with van der Waals surface area (Å²) in [6.07, 6.45) is 0. The predicted octanol–water partition coefficient (Wildman–Crippen LogP) is 5.98. The summed E-state index contributed by atoms with van der Waals surface area (Å²) in [6, 6.07) is 29.9. The van der Waals surface area contributed by atoms with Gasteiger partial charge in [0.1, 0.15) is 11.6 Å². The third-order valence-corrected chi connectivity index (χ3v) is 5.35. The van der Waals surface area contributed by atoms with E-state index in [2.05, 4.69) is 0 Å². The fourth-order valence-corrected chi connectivity index (χ4v) is 4.07. The zero-order valence-corrected chi connectivity index (χ0v) is 15.9. The van der Waals surface area contributed by atoms with Crippen molar-refractivity contribution in [2.75, 3.05) is 0 Å². The van der Waals surface area contributed by atoms with Gasteiger partial charge in [0, 0.05) is 0 Å². The summed E-state index contributed by atoms with van der Waals surface area (Å²) in [5.41, 5.74) is 0.252. The van der Waals surface area contributed by atoms with Crippen molar-refractivity contribution < 1.29 is 17.4 Å². The van der Waals surface area contributed by atoms with Crippen molar-refractivity contribution in [3.63, 3.8) is 0 Å². The van der Waals surface area contributed by atoms with E-state index in [1.54, 1.807) is 0 Å². The molecule has 0 heterocycles. The van der Waals surface area contributed by atoms with Crippen LogP contribution in [0.3, 0.4) is 0 Å². The van der Waals surface area contributed by atoms with Crippen molar-refractivity contribution >= 4 is 12.7 Å². The summed E-state index contributed by atoms with van der Waals surface area (Å²) in [4.78, 5) is 0. The second-order valence-electron chi connectivity index (χ2n) is 7.00. The van der Waals surface area contributed by atoms with Gasteiger partial charge in [0.05, 0.1) is 10.9 Å². The van der Waals surface area contributed by atoms with E-state index in [0.717, 1.165) is 28.8 Å². The van der Waals surface area contributed by atoms with E-state index in [1.807, 2.05) is 91.0 Å². The molecule has 30 heavy (non-hydrogen) atoms. The topological polar surface area (TPSA) is 0 Å². The van der Waals surface area contributed by atoms with Gasteiger partial charge in [-0.05, 0) is 34.4 Å². The van der Waals surface area contributed by atoms with Gasteiger partial charge in [-0.3, -0.25) is 8.63 Å². The number of hydrogen-bond donors (Lipinski definition) is 0. The molecule has 0 aromatic heterocycles.